The van der Waals surface area contributed by atoms with E-state index in [1.54, 1.807) is 10.9 Å². The van der Waals surface area contributed by atoms with Crippen molar-refractivity contribution < 1.29 is 9.53 Å². The zero-order valence-corrected chi connectivity index (χ0v) is 12.1. The Morgan fingerprint density at radius 3 is 3.10 bits per heavy atom. The molecule has 3 rings (SSSR count). The van der Waals surface area contributed by atoms with Crippen molar-refractivity contribution in [1.82, 2.24) is 24.6 Å². The number of hydrogen-bond acceptors (Lipinski definition) is 7. The number of aryl methyl sites for hydroxylation is 1. The number of esters is 1. The maximum atomic E-state index is 11.5. The molecule has 1 atom stereocenters. The van der Waals surface area contributed by atoms with Crippen molar-refractivity contribution in [1.29, 1.82) is 0 Å². The third kappa shape index (κ3) is 2.54. The topological polar surface area (TPSA) is 99.2 Å². The predicted octanol–water partition coefficient (Wildman–Crippen LogP) is -0.0596. The number of likely N-dealkylation sites (tertiary alicyclic amines) is 1. The number of hydrogen-bond donors (Lipinski definition) is 1. The number of nitrogen functional groups attached to an aromatic ring is 1. The third-order valence-corrected chi connectivity index (χ3v) is 3.84. The fourth-order valence-corrected chi connectivity index (χ4v) is 2.70. The fourth-order valence-electron chi connectivity index (χ4n) is 2.70. The van der Waals surface area contributed by atoms with Crippen molar-refractivity contribution in [2.75, 3.05) is 25.9 Å². The Balaban J connectivity index is 1.77. The Morgan fingerprint density at radius 2 is 2.33 bits per heavy atom. The molecule has 0 radical (unpaired) electrons. The lowest BCUT2D eigenvalue weighted by molar-refractivity contribution is -0.144. The minimum absolute atomic E-state index is 0.0622. The van der Waals surface area contributed by atoms with Crippen LogP contribution in [0.4, 0.5) is 5.82 Å². The minimum Gasteiger partial charge on any atom is -0.469 e. The van der Waals surface area contributed by atoms with Gasteiger partial charge in [-0.3, -0.25) is 14.4 Å². The average molecular weight is 290 g/mol. The molecule has 2 N–H and O–H groups in total. The summed E-state index contributed by atoms with van der Waals surface area (Å²) in [6, 6.07) is 0. The van der Waals surface area contributed by atoms with Gasteiger partial charge < -0.3 is 10.5 Å². The summed E-state index contributed by atoms with van der Waals surface area (Å²) in [6.45, 7) is 2.06. The largest absolute Gasteiger partial charge is 0.469 e. The summed E-state index contributed by atoms with van der Waals surface area (Å²) < 4.78 is 6.46. The van der Waals surface area contributed by atoms with E-state index in [1.165, 1.54) is 7.11 Å². The molecule has 21 heavy (non-hydrogen) atoms. The van der Waals surface area contributed by atoms with E-state index in [0.29, 0.717) is 24.7 Å². The number of rotatable bonds is 3. The van der Waals surface area contributed by atoms with Gasteiger partial charge >= 0.3 is 5.97 Å². The van der Waals surface area contributed by atoms with Gasteiger partial charge in [-0.2, -0.15) is 5.10 Å². The van der Waals surface area contributed by atoms with Crippen LogP contribution in [-0.4, -0.2) is 50.8 Å². The molecule has 0 aliphatic carbocycles. The van der Waals surface area contributed by atoms with Crippen LogP contribution in [0.3, 0.4) is 0 Å². The number of carbonyl (C=O) groups is 1. The summed E-state index contributed by atoms with van der Waals surface area (Å²) in [6.07, 6.45) is 2.47. The Kier molecular flexibility index (Phi) is 3.46. The number of nitrogens with two attached hydrogens (primary N) is 1. The Morgan fingerprint density at radius 1 is 1.52 bits per heavy atom. The minimum atomic E-state index is -0.153. The second-order valence-corrected chi connectivity index (χ2v) is 5.27. The number of ether oxygens (including phenoxy) is 1. The van der Waals surface area contributed by atoms with Crippen molar-refractivity contribution in [2.45, 2.75) is 13.0 Å². The number of nitrogens with zero attached hydrogens (tertiary/aromatic N) is 5. The summed E-state index contributed by atoms with van der Waals surface area (Å²) >= 11 is 0. The van der Waals surface area contributed by atoms with Crippen molar-refractivity contribution in [2.24, 2.45) is 13.0 Å². The maximum Gasteiger partial charge on any atom is 0.310 e. The molecule has 2 aromatic heterocycles. The van der Waals surface area contributed by atoms with E-state index < -0.39 is 0 Å². The molecule has 0 aromatic carbocycles. The van der Waals surface area contributed by atoms with E-state index >= 15 is 0 Å². The molecular formula is C13H18N6O2. The van der Waals surface area contributed by atoms with Gasteiger partial charge in [0.25, 0.3) is 0 Å². The molecule has 1 aliphatic heterocycles. The standard InChI is InChI=1S/C13H18N6O2/c1-18-12-9(5-15-18)11(14)16-10(17-12)7-19-4-3-8(6-19)13(20)21-2/h5,8H,3-4,6-7H2,1-2H3,(H2,14,16,17). The quantitative estimate of drug-likeness (QED) is 0.790. The van der Waals surface area contributed by atoms with Gasteiger partial charge in [-0.1, -0.05) is 0 Å². The Bertz CT molecular complexity index is 683. The molecule has 1 aliphatic rings. The SMILES string of the molecule is COC(=O)C1CCN(Cc2nc(N)c3cnn(C)c3n2)C1. The van der Waals surface area contributed by atoms with Crippen molar-refractivity contribution >= 4 is 22.8 Å². The first-order chi connectivity index (χ1) is 10.1. The van der Waals surface area contributed by atoms with Crippen LogP contribution in [0.5, 0.6) is 0 Å². The van der Waals surface area contributed by atoms with E-state index in [0.717, 1.165) is 24.0 Å². The molecule has 1 saturated heterocycles. The van der Waals surface area contributed by atoms with Gasteiger partial charge in [0.2, 0.25) is 0 Å². The summed E-state index contributed by atoms with van der Waals surface area (Å²) in [5.41, 5.74) is 6.67. The maximum absolute atomic E-state index is 11.5. The molecular weight excluding hydrogens is 272 g/mol. The van der Waals surface area contributed by atoms with E-state index in [-0.39, 0.29) is 11.9 Å². The van der Waals surface area contributed by atoms with E-state index in [9.17, 15) is 4.79 Å². The fraction of sp³-hybridized carbons (Fsp3) is 0.538. The van der Waals surface area contributed by atoms with Gasteiger partial charge in [0.15, 0.2) is 5.65 Å². The molecule has 3 heterocycles. The Hall–Kier alpha value is -2.22. The first-order valence-corrected chi connectivity index (χ1v) is 6.82. The summed E-state index contributed by atoms with van der Waals surface area (Å²) in [5.74, 6) is 0.869. The smallest absolute Gasteiger partial charge is 0.310 e. The van der Waals surface area contributed by atoms with Crippen LogP contribution in [0.1, 0.15) is 12.2 Å². The normalized spacial score (nSPS) is 19.2. The van der Waals surface area contributed by atoms with Crippen LogP contribution >= 0.6 is 0 Å². The highest BCUT2D eigenvalue weighted by atomic mass is 16.5. The lowest BCUT2D eigenvalue weighted by Gasteiger charge is -2.14. The molecule has 2 aromatic rings. The molecule has 0 spiro atoms. The number of aromatic nitrogens is 4. The van der Waals surface area contributed by atoms with Gasteiger partial charge in [0.05, 0.1) is 31.2 Å². The Labute approximate surface area is 121 Å². The van der Waals surface area contributed by atoms with Gasteiger partial charge in [-0.15, -0.1) is 0 Å². The summed E-state index contributed by atoms with van der Waals surface area (Å²) in [7, 11) is 3.24. The first-order valence-electron chi connectivity index (χ1n) is 6.82. The lowest BCUT2D eigenvalue weighted by Crippen LogP contribution is -2.24. The highest BCUT2D eigenvalue weighted by Gasteiger charge is 2.29. The lowest BCUT2D eigenvalue weighted by atomic mass is 10.1. The number of fused-ring (bicyclic) bond motifs is 1. The van der Waals surface area contributed by atoms with E-state index in [2.05, 4.69) is 20.0 Å². The highest BCUT2D eigenvalue weighted by molar-refractivity contribution is 5.84. The number of carbonyl (C=O) groups excluding carboxylic acids is 1. The van der Waals surface area contributed by atoms with Gasteiger partial charge in [-0.25, -0.2) is 9.97 Å². The third-order valence-electron chi connectivity index (χ3n) is 3.84. The second-order valence-electron chi connectivity index (χ2n) is 5.27. The zero-order chi connectivity index (χ0) is 15.0. The molecule has 0 saturated carbocycles. The molecule has 112 valence electrons. The first kappa shape index (κ1) is 13.7. The molecule has 0 amide bonds. The van der Waals surface area contributed by atoms with Crippen molar-refractivity contribution in [3.8, 4) is 0 Å². The van der Waals surface area contributed by atoms with Crippen LogP contribution in [0.15, 0.2) is 6.20 Å². The van der Waals surface area contributed by atoms with Gasteiger partial charge in [0.1, 0.15) is 11.6 Å². The molecule has 1 unspecified atom stereocenters. The van der Waals surface area contributed by atoms with Gasteiger partial charge in [0, 0.05) is 13.6 Å². The number of methoxy groups -OCH3 is 1. The summed E-state index contributed by atoms with van der Waals surface area (Å²) in [4.78, 5) is 22.5. The number of anilines is 1. The van der Waals surface area contributed by atoms with Crippen LogP contribution in [0.25, 0.3) is 11.0 Å². The van der Waals surface area contributed by atoms with Crippen molar-refractivity contribution in [3.05, 3.63) is 12.0 Å². The average Bonchev–Trinajstić information content (AvgIpc) is 3.06. The van der Waals surface area contributed by atoms with Crippen LogP contribution in [0.2, 0.25) is 0 Å². The zero-order valence-electron chi connectivity index (χ0n) is 12.1. The highest BCUT2D eigenvalue weighted by Crippen LogP contribution is 2.21. The van der Waals surface area contributed by atoms with Gasteiger partial charge in [-0.05, 0) is 13.0 Å². The second kappa shape index (κ2) is 5.28. The van der Waals surface area contributed by atoms with E-state index in [1.807, 2.05) is 7.05 Å². The molecule has 1 fully saturated rings. The monoisotopic (exact) mass is 290 g/mol. The molecule has 0 bridgehead atoms. The van der Waals surface area contributed by atoms with Crippen LogP contribution < -0.4 is 5.73 Å². The van der Waals surface area contributed by atoms with Crippen LogP contribution in [0, 0.1) is 5.92 Å². The van der Waals surface area contributed by atoms with E-state index in [4.69, 9.17) is 10.5 Å². The molecule has 8 nitrogen and oxygen atoms in total. The summed E-state index contributed by atoms with van der Waals surface area (Å²) in [5, 5.41) is 4.89. The van der Waals surface area contributed by atoms with Crippen molar-refractivity contribution in [3.63, 3.8) is 0 Å². The van der Waals surface area contributed by atoms with Crippen LogP contribution in [-0.2, 0) is 23.1 Å². The molecule has 8 heteroatoms. The predicted molar refractivity (Wildman–Crippen MR) is 76.1 cm³/mol.